The Morgan fingerprint density at radius 3 is 2.00 bits per heavy atom. The van der Waals surface area contributed by atoms with Crippen LogP contribution in [-0.2, 0) is 9.47 Å². The molecule has 0 aromatic heterocycles. The summed E-state index contributed by atoms with van der Waals surface area (Å²) in [5.41, 5.74) is 2.88. The van der Waals surface area contributed by atoms with E-state index in [1.54, 1.807) is 0 Å². The summed E-state index contributed by atoms with van der Waals surface area (Å²) < 4.78 is 12.2. The van der Waals surface area contributed by atoms with Crippen LogP contribution in [-0.4, -0.2) is 24.1 Å². The monoisotopic (exact) mass is 512 g/mol. The van der Waals surface area contributed by atoms with Crippen molar-refractivity contribution in [3.63, 3.8) is 0 Å². The van der Waals surface area contributed by atoms with Crippen LogP contribution in [0.2, 0.25) is 0 Å². The Morgan fingerprint density at radius 2 is 1.34 bits per heavy atom. The Balaban J connectivity index is 1.15. The summed E-state index contributed by atoms with van der Waals surface area (Å²) in [6.07, 6.45) is 8.18. The van der Waals surface area contributed by atoms with Gasteiger partial charge >= 0.3 is 11.9 Å². The lowest BCUT2D eigenvalue weighted by atomic mass is 9.44. The zero-order chi connectivity index (χ0) is 26.5. The standard InChI is InChI=1S/C34H40O4/c1-22-20-25-21-26(37-31(35)23-10-6-4-7-11-23)16-18-33(25,2)28-17-19-34(3)27(30(22)28)14-15-29(34)38-32(36)24-12-8-5-9-13-24/h4-13,25-30H,1,14-21H2,2-3H3/t25-,26+,27+,28?,29+,30-,33+,34+/m1/s1. The van der Waals surface area contributed by atoms with E-state index in [1.165, 1.54) is 5.57 Å². The third-order valence-corrected chi connectivity index (χ3v) is 11.0. The van der Waals surface area contributed by atoms with E-state index in [4.69, 9.17) is 9.47 Å². The molecule has 8 atom stereocenters. The molecule has 6 rings (SSSR count). The molecule has 1 unspecified atom stereocenters. The van der Waals surface area contributed by atoms with Crippen LogP contribution < -0.4 is 0 Å². The normalized spacial score (nSPS) is 37.9. The molecular weight excluding hydrogens is 472 g/mol. The van der Waals surface area contributed by atoms with Crippen molar-refractivity contribution in [2.45, 2.75) is 77.4 Å². The Bertz CT molecular complexity index is 1210. The van der Waals surface area contributed by atoms with E-state index in [0.29, 0.717) is 34.8 Å². The first-order valence-electron chi connectivity index (χ1n) is 14.5. The van der Waals surface area contributed by atoms with Crippen LogP contribution >= 0.6 is 0 Å². The van der Waals surface area contributed by atoms with Gasteiger partial charge in [0.1, 0.15) is 12.2 Å². The van der Waals surface area contributed by atoms with Crippen molar-refractivity contribution in [3.05, 3.63) is 83.9 Å². The van der Waals surface area contributed by atoms with Crippen LogP contribution in [0.1, 0.15) is 85.9 Å². The van der Waals surface area contributed by atoms with E-state index >= 15 is 0 Å². The summed E-state index contributed by atoms with van der Waals surface area (Å²) in [6.45, 7) is 9.53. The van der Waals surface area contributed by atoms with Gasteiger partial charge in [0.2, 0.25) is 0 Å². The maximum atomic E-state index is 12.9. The highest BCUT2D eigenvalue weighted by Gasteiger charge is 2.62. The molecule has 4 aliphatic carbocycles. The molecule has 2 aromatic carbocycles. The number of ether oxygens (including phenoxy) is 2. The maximum absolute atomic E-state index is 12.9. The summed E-state index contributed by atoms with van der Waals surface area (Å²) in [4.78, 5) is 25.7. The molecule has 2 aromatic rings. The zero-order valence-corrected chi connectivity index (χ0v) is 22.7. The lowest BCUT2D eigenvalue weighted by Gasteiger charge is -2.61. The molecule has 4 aliphatic rings. The molecule has 38 heavy (non-hydrogen) atoms. The van der Waals surface area contributed by atoms with Crippen molar-refractivity contribution in [2.24, 2.45) is 34.5 Å². The SMILES string of the molecule is C=C1C[C@@H]2C[C@@H](OC(=O)c3ccccc3)CC[C@]2(C)C2CC[C@]3(C)[C@@H](OC(=O)c4ccccc4)CC[C@H]3[C@@H]12. The number of allylic oxidation sites excluding steroid dienone is 1. The number of carbonyl (C=O) groups excluding carboxylic acids is 2. The number of fused-ring (bicyclic) bond motifs is 5. The summed E-state index contributed by atoms with van der Waals surface area (Å²) in [5.74, 6) is 1.68. The van der Waals surface area contributed by atoms with Crippen LogP contribution in [0.5, 0.6) is 0 Å². The molecule has 0 saturated heterocycles. The van der Waals surface area contributed by atoms with Gasteiger partial charge in [-0.15, -0.1) is 0 Å². The third-order valence-electron chi connectivity index (χ3n) is 11.0. The minimum absolute atomic E-state index is 0.000158. The number of hydrogen-bond acceptors (Lipinski definition) is 4. The highest BCUT2D eigenvalue weighted by molar-refractivity contribution is 5.89. The molecule has 0 bridgehead atoms. The Morgan fingerprint density at radius 1 is 0.763 bits per heavy atom. The van der Waals surface area contributed by atoms with Gasteiger partial charge < -0.3 is 9.47 Å². The molecule has 4 heteroatoms. The Hall–Kier alpha value is -2.88. The van der Waals surface area contributed by atoms with E-state index in [1.807, 2.05) is 60.7 Å². The van der Waals surface area contributed by atoms with Gasteiger partial charge in [0.25, 0.3) is 0 Å². The van der Waals surface area contributed by atoms with Gasteiger partial charge in [-0.1, -0.05) is 62.4 Å². The first-order valence-corrected chi connectivity index (χ1v) is 14.5. The van der Waals surface area contributed by atoms with Crippen LogP contribution in [0.25, 0.3) is 0 Å². The fourth-order valence-corrected chi connectivity index (χ4v) is 8.90. The molecule has 0 heterocycles. The zero-order valence-electron chi connectivity index (χ0n) is 22.7. The lowest BCUT2D eigenvalue weighted by Crippen LogP contribution is -2.55. The first-order chi connectivity index (χ1) is 18.3. The minimum atomic E-state index is -0.206. The summed E-state index contributed by atoms with van der Waals surface area (Å²) in [6, 6.07) is 18.7. The molecule has 0 amide bonds. The second-order valence-corrected chi connectivity index (χ2v) is 12.9. The first kappa shape index (κ1) is 25.4. The third kappa shape index (κ3) is 4.21. The van der Waals surface area contributed by atoms with Crippen molar-refractivity contribution in [3.8, 4) is 0 Å². The molecule has 200 valence electrons. The van der Waals surface area contributed by atoms with E-state index < -0.39 is 0 Å². The lowest BCUT2D eigenvalue weighted by molar-refractivity contribution is -0.116. The van der Waals surface area contributed by atoms with Crippen molar-refractivity contribution in [1.82, 2.24) is 0 Å². The number of rotatable bonds is 4. The second-order valence-electron chi connectivity index (χ2n) is 12.9. The van der Waals surface area contributed by atoms with Gasteiger partial charge in [-0.3, -0.25) is 0 Å². The van der Waals surface area contributed by atoms with Crippen molar-refractivity contribution in [1.29, 1.82) is 0 Å². The predicted octanol–water partition coefficient (Wildman–Crippen LogP) is 7.65. The van der Waals surface area contributed by atoms with Gasteiger partial charge in [0.15, 0.2) is 0 Å². The fourth-order valence-electron chi connectivity index (χ4n) is 8.90. The highest BCUT2D eigenvalue weighted by atomic mass is 16.5. The van der Waals surface area contributed by atoms with Gasteiger partial charge in [-0.2, -0.15) is 0 Å². The molecule has 4 nitrogen and oxygen atoms in total. The van der Waals surface area contributed by atoms with Crippen LogP contribution in [0.15, 0.2) is 72.8 Å². The summed E-state index contributed by atoms with van der Waals surface area (Å²) in [7, 11) is 0. The predicted molar refractivity (Wildman–Crippen MR) is 148 cm³/mol. The van der Waals surface area contributed by atoms with Crippen molar-refractivity contribution in [2.75, 3.05) is 0 Å². The van der Waals surface area contributed by atoms with E-state index in [9.17, 15) is 9.59 Å². The van der Waals surface area contributed by atoms with Gasteiger partial charge in [0, 0.05) is 5.41 Å². The average Bonchev–Trinajstić information content (AvgIpc) is 3.26. The van der Waals surface area contributed by atoms with Crippen LogP contribution in [0.4, 0.5) is 0 Å². The summed E-state index contributed by atoms with van der Waals surface area (Å²) >= 11 is 0. The highest BCUT2D eigenvalue weighted by Crippen LogP contribution is 2.67. The largest absolute Gasteiger partial charge is 0.459 e. The number of esters is 2. The van der Waals surface area contributed by atoms with E-state index in [0.717, 1.165) is 51.4 Å². The molecule has 4 fully saturated rings. The Labute approximate surface area is 226 Å². The van der Waals surface area contributed by atoms with Crippen LogP contribution in [0.3, 0.4) is 0 Å². The topological polar surface area (TPSA) is 52.6 Å². The number of hydrogen-bond donors (Lipinski definition) is 0. The second kappa shape index (κ2) is 9.70. The minimum Gasteiger partial charge on any atom is -0.459 e. The molecule has 0 aliphatic heterocycles. The van der Waals surface area contributed by atoms with Gasteiger partial charge in [-0.25, -0.2) is 9.59 Å². The van der Waals surface area contributed by atoms with Crippen LogP contribution in [0, 0.1) is 34.5 Å². The van der Waals surface area contributed by atoms with Crippen molar-refractivity contribution >= 4 is 11.9 Å². The maximum Gasteiger partial charge on any atom is 0.338 e. The Kier molecular flexibility index (Phi) is 6.48. The summed E-state index contributed by atoms with van der Waals surface area (Å²) in [5, 5.41) is 0. The molecule has 0 N–H and O–H groups in total. The van der Waals surface area contributed by atoms with Gasteiger partial charge in [-0.05, 0) is 105 Å². The fraction of sp³-hybridized carbons (Fsp3) is 0.529. The smallest absolute Gasteiger partial charge is 0.338 e. The molecular formula is C34H40O4. The van der Waals surface area contributed by atoms with Crippen molar-refractivity contribution < 1.29 is 19.1 Å². The average molecular weight is 513 g/mol. The number of benzene rings is 2. The molecule has 0 spiro atoms. The quantitative estimate of drug-likeness (QED) is 0.312. The molecule has 0 radical (unpaired) electrons. The van der Waals surface area contributed by atoms with Gasteiger partial charge in [0.05, 0.1) is 11.1 Å². The molecule has 4 saturated carbocycles. The van der Waals surface area contributed by atoms with E-state index in [2.05, 4.69) is 20.4 Å². The van der Waals surface area contributed by atoms with E-state index in [-0.39, 0.29) is 35.0 Å². The number of carbonyl (C=O) groups is 2.